The second-order valence-electron chi connectivity index (χ2n) is 4.07. The fourth-order valence-corrected chi connectivity index (χ4v) is 2.08. The van der Waals surface area contributed by atoms with Crippen molar-refractivity contribution < 1.29 is 28.6 Å². The minimum atomic E-state index is -1.70. The summed E-state index contributed by atoms with van der Waals surface area (Å²) in [5.74, 6) is -4.38. The maximum Gasteiger partial charge on any atom is 0.377 e. The van der Waals surface area contributed by atoms with E-state index >= 15 is 0 Å². The first kappa shape index (κ1) is 13.7. The van der Waals surface area contributed by atoms with Crippen molar-refractivity contribution in [2.24, 2.45) is 7.05 Å². The lowest BCUT2D eigenvalue weighted by molar-refractivity contribution is -0.131. The summed E-state index contributed by atoms with van der Waals surface area (Å²) in [6.07, 6.45) is 0. The van der Waals surface area contributed by atoms with Gasteiger partial charge in [-0.15, -0.1) is 0 Å². The quantitative estimate of drug-likeness (QED) is 0.521. The number of halogens is 1. The van der Waals surface area contributed by atoms with Crippen LogP contribution in [-0.4, -0.2) is 34.5 Å². The van der Waals surface area contributed by atoms with Crippen molar-refractivity contribution in [1.82, 2.24) is 4.57 Å². The highest BCUT2D eigenvalue weighted by atomic mass is 19.1. The first-order chi connectivity index (χ1) is 9.38. The number of hydrogen-bond donors (Lipinski definition) is 1. The van der Waals surface area contributed by atoms with Gasteiger partial charge in [-0.2, -0.15) is 0 Å². The van der Waals surface area contributed by atoms with Gasteiger partial charge < -0.3 is 14.4 Å². The summed E-state index contributed by atoms with van der Waals surface area (Å²) in [5.41, 5.74) is -0.294. The van der Waals surface area contributed by atoms with Crippen molar-refractivity contribution >= 4 is 28.6 Å². The molecular formula is C13H10FNO5. The molecule has 1 aromatic carbocycles. The van der Waals surface area contributed by atoms with Crippen molar-refractivity contribution in [3.05, 3.63) is 35.3 Å². The molecule has 7 heteroatoms. The number of rotatable bonds is 3. The number of aryl methyl sites for hydroxylation is 1. The highest BCUT2D eigenvalue weighted by Gasteiger charge is 2.30. The molecular weight excluding hydrogens is 269 g/mol. The first-order valence-corrected chi connectivity index (χ1v) is 5.52. The molecule has 0 bridgehead atoms. The summed E-state index contributed by atoms with van der Waals surface area (Å²) in [5, 5.41) is 9.03. The maximum atomic E-state index is 13.3. The van der Waals surface area contributed by atoms with Gasteiger partial charge in [-0.3, -0.25) is 4.79 Å². The number of Topliss-reactive ketones (excluding diaryl/α,β-unsaturated/α-hetero) is 1. The SMILES string of the molecule is COC(=O)c1c(C(=O)C(=O)O)c2ccc(F)cc2n1C. The normalized spacial score (nSPS) is 10.6. The number of ether oxygens (including phenoxy) is 1. The first-order valence-electron chi connectivity index (χ1n) is 5.52. The molecule has 2 aromatic rings. The Balaban J connectivity index is 2.91. The Morgan fingerprint density at radius 3 is 2.50 bits per heavy atom. The minimum Gasteiger partial charge on any atom is -0.475 e. The van der Waals surface area contributed by atoms with E-state index in [0.29, 0.717) is 0 Å². The fourth-order valence-electron chi connectivity index (χ4n) is 2.08. The van der Waals surface area contributed by atoms with Crippen LogP contribution in [0.1, 0.15) is 20.8 Å². The third-order valence-corrected chi connectivity index (χ3v) is 2.96. The van der Waals surface area contributed by atoms with Crippen LogP contribution in [0.4, 0.5) is 4.39 Å². The van der Waals surface area contributed by atoms with Crippen LogP contribution < -0.4 is 0 Å². The number of esters is 1. The summed E-state index contributed by atoms with van der Waals surface area (Å²) in [4.78, 5) is 34.4. The predicted octanol–water partition coefficient (Wildman–Crippen LogP) is 1.37. The Labute approximate surface area is 112 Å². The van der Waals surface area contributed by atoms with Gasteiger partial charge in [0.2, 0.25) is 0 Å². The Kier molecular flexibility index (Phi) is 3.27. The minimum absolute atomic E-state index is 0.182. The number of aromatic nitrogens is 1. The third kappa shape index (κ3) is 1.93. The van der Waals surface area contributed by atoms with E-state index in [1.807, 2.05) is 0 Å². The number of methoxy groups -OCH3 is 1. The largest absolute Gasteiger partial charge is 0.475 e. The van der Waals surface area contributed by atoms with E-state index in [1.165, 1.54) is 17.7 Å². The lowest BCUT2D eigenvalue weighted by Crippen LogP contribution is -2.18. The Morgan fingerprint density at radius 2 is 1.95 bits per heavy atom. The summed E-state index contributed by atoms with van der Waals surface area (Å²) >= 11 is 0. The fraction of sp³-hybridized carbons (Fsp3) is 0.154. The van der Waals surface area contributed by atoms with Crippen molar-refractivity contribution in [2.45, 2.75) is 0 Å². The number of carboxylic acid groups (broad SMARTS) is 1. The van der Waals surface area contributed by atoms with Crippen molar-refractivity contribution in [2.75, 3.05) is 7.11 Å². The zero-order valence-electron chi connectivity index (χ0n) is 10.6. The number of nitrogens with zero attached hydrogens (tertiary/aromatic N) is 1. The second-order valence-corrected chi connectivity index (χ2v) is 4.07. The molecule has 0 spiro atoms. The number of carbonyl (C=O) groups is 3. The van der Waals surface area contributed by atoms with E-state index in [4.69, 9.17) is 5.11 Å². The van der Waals surface area contributed by atoms with Gasteiger partial charge >= 0.3 is 11.9 Å². The average Bonchev–Trinajstić information content (AvgIpc) is 2.70. The van der Waals surface area contributed by atoms with Gasteiger partial charge in [0.05, 0.1) is 18.2 Å². The average molecular weight is 279 g/mol. The van der Waals surface area contributed by atoms with E-state index < -0.39 is 23.5 Å². The molecule has 0 atom stereocenters. The zero-order valence-corrected chi connectivity index (χ0v) is 10.6. The summed E-state index contributed by atoms with van der Waals surface area (Å²) < 4.78 is 19.1. The van der Waals surface area contributed by atoms with Crippen LogP contribution in [0.2, 0.25) is 0 Å². The lowest BCUT2D eigenvalue weighted by atomic mass is 10.1. The summed E-state index contributed by atoms with van der Waals surface area (Å²) in [7, 11) is 2.53. The molecule has 104 valence electrons. The van der Waals surface area contributed by atoms with Crippen LogP contribution in [0, 0.1) is 5.82 Å². The molecule has 2 rings (SSSR count). The Hall–Kier alpha value is -2.70. The van der Waals surface area contributed by atoms with Gasteiger partial charge in [-0.25, -0.2) is 14.0 Å². The highest BCUT2D eigenvalue weighted by molar-refractivity contribution is 6.43. The highest BCUT2D eigenvalue weighted by Crippen LogP contribution is 2.27. The molecule has 0 fully saturated rings. The lowest BCUT2D eigenvalue weighted by Gasteiger charge is -2.03. The molecule has 20 heavy (non-hydrogen) atoms. The number of carboxylic acids is 1. The second kappa shape index (κ2) is 4.76. The molecule has 0 unspecified atom stereocenters. The molecule has 1 heterocycles. The standard InChI is InChI=1S/C13H10FNO5/c1-15-8-5-6(14)3-4-7(8)9(11(16)12(17)18)10(15)13(19)20-2/h3-5H,1-2H3,(H,17,18). The van der Waals surface area contributed by atoms with Gasteiger partial charge in [-0.05, 0) is 18.2 Å². The smallest absolute Gasteiger partial charge is 0.377 e. The van der Waals surface area contributed by atoms with Crippen LogP contribution in [0.5, 0.6) is 0 Å². The van der Waals surface area contributed by atoms with Crippen LogP contribution in [0.15, 0.2) is 18.2 Å². The van der Waals surface area contributed by atoms with Gasteiger partial charge in [0.15, 0.2) is 0 Å². The number of fused-ring (bicyclic) bond motifs is 1. The van der Waals surface area contributed by atoms with Crippen molar-refractivity contribution in [1.29, 1.82) is 0 Å². The molecule has 0 radical (unpaired) electrons. The van der Waals surface area contributed by atoms with Gasteiger partial charge in [0.25, 0.3) is 5.78 Å². The van der Waals surface area contributed by atoms with Crippen molar-refractivity contribution in [3.8, 4) is 0 Å². The van der Waals surface area contributed by atoms with Gasteiger partial charge in [0, 0.05) is 12.4 Å². The van der Waals surface area contributed by atoms with E-state index in [0.717, 1.165) is 19.2 Å². The number of aliphatic carboxylic acids is 1. The van der Waals surface area contributed by atoms with E-state index in [-0.39, 0.29) is 22.2 Å². The molecule has 0 amide bonds. The van der Waals surface area contributed by atoms with Crippen LogP contribution in [0.25, 0.3) is 10.9 Å². The molecule has 0 aliphatic carbocycles. The maximum absolute atomic E-state index is 13.3. The van der Waals surface area contributed by atoms with E-state index in [1.54, 1.807) is 0 Å². The van der Waals surface area contributed by atoms with E-state index in [9.17, 15) is 18.8 Å². The molecule has 1 aromatic heterocycles. The molecule has 1 N–H and O–H groups in total. The van der Waals surface area contributed by atoms with Crippen LogP contribution in [0.3, 0.4) is 0 Å². The van der Waals surface area contributed by atoms with Gasteiger partial charge in [-0.1, -0.05) is 0 Å². The monoisotopic (exact) mass is 279 g/mol. The summed E-state index contributed by atoms with van der Waals surface area (Å²) in [6.45, 7) is 0. The molecule has 6 nitrogen and oxygen atoms in total. The number of carbonyl (C=O) groups excluding carboxylic acids is 2. The van der Waals surface area contributed by atoms with Crippen LogP contribution in [-0.2, 0) is 16.6 Å². The number of hydrogen-bond acceptors (Lipinski definition) is 4. The van der Waals surface area contributed by atoms with Crippen molar-refractivity contribution in [3.63, 3.8) is 0 Å². The Morgan fingerprint density at radius 1 is 1.30 bits per heavy atom. The van der Waals surface area contributed by atoms with Gasteiger partial charge in [0.1, 0.15) is 11.5 Å². The number of ketones is 1. The summed E-state index contributed by atoms with van der Waals surface area (Å²) in [6, 6.07) is 3.45. The molecule has 0 aliphatic heterocycles. The number of benzene rings is 1. The third-order valence-electron chi connectivity index (χ3n) is 2.96. The topological polar surface area (TPSA) is 85.6 Å². The van der Waals surface area contributed by atoms with E-state index in [2.05, 4.69) is 4.74 Å². The molecule has 0 aliphatic rings. The predicted molar refractivity (Wildman–Crippen MR) is 66.2 cm³/mol. The zero-order chi connectivity index (χ0) is 15.0. The Bertz CT molecular complexity index is 747. The molecule has 0 saturated carbocycles. The van der Waals surface area contributed by atoms with Crippen LogP contribution >= 0.6 is 0 Å². The molecule has 0 saturated heterocycles.